The van der Waals surface area contributed by atoms with Gasteiger partial charge in [-0.2, -0.15) is 0 Å². The van der Waals surface area contributed by atoms with Crippen molar-refractivity contribution in [1.29, 1.82) is 0 Å². The number of thioether (sulfide) groups is 1. The van der Waals surface area contributed by atoms with E-state index in [0.717, 1.165) is 22.1 Å². The van der Waals surface area contributed by atoms with E-state index in [-0.39, 0.29) is 0 Å². The number of fused-ring (bicyclic) bond motifs is 1. The van der Waals surface area contributed by atoms with Crippen LogP contribution in [0.4, 0.5) is 5.69 Å². The highest BCUT2D eigenvalue weighted by molar-refractivity contribution is 8.00. The predicted octanol–water partition coefficient (Wildman–Crippen LogP) is 2.54. The zero-order valence-electron chi connectivity index (χ0n) is 8.95. The Kier molecular flexibility index (Phi) is 2.95. The highest BCUT2D eigenvalue weighted by Gasteiger charge is 2.15. The Balaban J connectivity index is 2.32. The Morgan fingerprint density at radius 1 is 1.20 bits per heavy atom. The first-order chi connectivity index (χ1) is 7.16. The summed E-state index contributed by atoms with van der Waals surface area (Å²) in [6.45, 7) is 5.49. The van der Waals surface area contributed by atoms with Gasteiger partial charge in [-0.25, -0.2) is 0 Å². The fourth-order valence-corrected chi connectivity index (χ4v) is 2.32. The third-order valence-corrected chi connectivity index (χ3v) is 3.12. The lowest BCUT2D eigenvalue weighted by molar-refractivity contribution is 0.171. The monoisotopic (exact) mass is 225 g/mol. The van der Waals surface area contributed by atoms with Crippen LogP contribution in [0.2, 0.25) is 0 Å². The largest absolute Gasteiger partial charge is 0.486 e. The van der Waals surface area contributed by atoms with Crippen LogP contribution in [-0.4, -0.2) is 18.5 Å². The summed E-state index contributed by atoms with van der Waals surface area (Å²) in [5.74, 6) is 1.56. The van der Waals surface area contributed by atoms with Crippen molar-refractivity contribution in [2.75, 3.05) is 18.9 Å². The van der Waals surface area contributed by atoms with Crippen LogP contribution in [0, 0.1) is 0 Å². The fraction of sp³-hybridized carbons (Fsp3) is 0.455. The second-order valence-corrected chi connectivity index (χ2v) is 5.32. The molecule has 1 aliphatic rings. The third kappa shape index (κ3) is 2.31. The summed E-state index contributed by atoms with van der Waals surface area (Å²) in [7, 11) is 0. The van der Waals surface area contributed by atoms with Gasteiger partial charge in [0.2, 0.25) is 0 Å². The van der Waals surface area contributed by atoms with Gasteiger partial charge in [0, 0.05) is 21.9 Å². The van der Waals surface area contributed by atoms with Gasteiger partial charge in [-0.3, -0.25) is 0 Å². The van der Waals surface area contributed by atoms with E-state index in [0.29, 0.717) is 18.5 Å². The van der Waals surface area contributed by atoms with Gasteiger partial charge < -0.3 is 15.2 Å². The number of nitrogens with two attached hydrogens (primary N) is 1. The molecule has 1 aromatic rings. The summed E-state index contributed by atoms with van der Waals surface area (Å²) in [4.78, 5) is 1.06. The smallest absolute Gasteiger partial charge is 0.163 e. The minimum absolute atomic E-state index is 0.509. The molecule has 4 heteroatoms. The molecular formula is C11H15NO2S. The summed E-state index contributed by atoms with van der Waals surface area (Å²) < 4.78 is 11.0. The van der Waals surface area contributed by atoms with Crippen LogP contribution in [0.3, 0.4) is 0 Å². The van der Waals surface area contributed by atoms with E-state index >= 15 is 0 Å². The summed E-state index contributed by atoms with van der Waals surface area (Å²) in [5.41, 5.74) is 6.70. The highest BCUT2D eigenvalue weighted by atomic mass is 32.2. The SMILES string of the molecule is CC(C)Sc1cc2c(cc1N)OCCO2. The Morgan fingerprint density at radius 2 is 1.80 bits per heavy atom. The molecule has 0 fully saturated rings. The van der Waals surface area contributed by atoms with Crippen molar-refractivity contribution < 1.29 is 9.47 Å². The first kappa shape index (κ1) is 10.5. The quantitative estimate of drug-likeness (QED) is 0.620. The van der Waals surface area contributed by atoms with Crippen LogP contribution < -0.4 is 15.2 Å². The van der Waals surface area contributed by atoms with Crippen molar-refractivity contribution in [3.05, 3.63) is 12.1 Å². The van der Waals surface area contributed by atoms with Crippen molar-refractivity contribution in [3.63, 3.8) is 0 Å². The van der Waals surface area contributed by atoms with Crippen LogP contribution in [0.25, 0.3) is 0 Å². The number of nitrogen functional groups attached to an aromatic ring is 1. The average Bonchev–Trinajstić information content (AvgIpc) is 2.18. The minimum atomic E-state index is 0.509. The Hall–Kier alpha value is -1.03. The molecule has 0 radical (unpaired) electrons. The molecular weight excluding hydrogens is 210 g/mol. The molecule has 0 bridgehead atoms. The van der Waals surface area contributed by atoms with E-state index in [9.17, 15) is 0 Å². The van der Waals surface area contributed by atoms with E-state index in [4.69, 9.17) is 15.2 Å². The maximum Gasteiger partial charge on any atom is 0.163 e. The summed E-state index contributed by atoms with van der Waals surface area (Å²) in [5, 5.41) is 0.509. The van der Waals surface area contributed by atoms with E-state index in [1.807, 2.05) is 12.1 Å². The lowest BCUT2D eigenvalue weighted by Gasteiger charge is -2.20. The molecule has 0 saturated heterocycles. The summed E-state index contributed by atoms with van der Waals surface area (Å²) in [6.07, 6.45) is 0. The summed E-state index contributed by atoms with van der Waals surface area (Å²) in [6, 6.07) is 3.81. The molecule has 0 aromatic heterocycles. The van der Waals surface area contributed by atoms with E-state index in [1.165, 1.54) is 0 Å². The zero-order chi connectivity index (χ0) is 10.8. The molecule has 1 heterocycles. The number of anilines is 1. The minimum Gasteiger partial charge on any atom is -0.486 e. The first-order valence-electron chi connectivity index (χ1n) is 5.02. The fourth-order valence-electron chi connectivity index (χ4n) is 1.44. The van der Waals surface area contributed by atoms with Crippen LogP contribution in [-0.2, 0) is 0 Å². The first-order valence-corrected chi connectivity index (χ1v) is 5.90. The van der Waals surface area contributed by atoms with Crippen molar-refractivity contribution >= 4 is 17.4 Å². The van der Waals surface area contributed by atoms with E-state index in [2.05, 4.69) is 13.8 Å². The molecule has 0 spiro atoms. The highest BCUT2D eigenvalue weighted by Crippen LogP contribution is 2.39. The number of ether oxygens (including phenoxy) is 2. The second kappa shape index (κ2) is 4.23. The van der Waals surface area contributed by atoms with Gasteiger partial charge in [-0.1, -0.05) is 13.8 Å². The number of rotatable bonds is 2. The lowest BCUT2D eigenvalue weighted by Crippen LogP contribution is -2.15. The molecule has 0 unspecified atom stereocenters. The number of hydrogen-bond acceptors (Lipinski definition) is 4. The van der Waals surface area contributed by atoms with E-state index < -0.39 is 0 Å². The molecule has 0 amide bonds. The maximum atomic E-state index is 5.94. The van der Waals surface area contributed by atoms with Crippen LogP contribution in [0.1, 0.15) is 13.8 Å². The molecule has 15 heavy (non-hydrogen) atoms. The van der Waals surface area contributed by atoms with Gasteiger partial charge in [0.1, 0.15) is 13.2 Å². The molecule has 0 atom stereocenters. The lowest BCUT2D eigenvalue weighted by atomic mass is 10.2. The van der Waals surface area contributed by atoms with Gasteiger partial charge in [0.25, 0.3) is 0 Å². The molecule has 0 aliphatic carbocycles. The standard InChI is InChI=1S/C11H15NO2S/c1-7(2)15-11-6-10-9(5-8(11)12)13-3-4-14-10/h5-7H,3-4,12H2,1-2H3. The average molecular weight is 225 g/mol. The topological polar surface area (TPSA) is 44.5 Å². The van der Waals surface area contributed by atoms with Crippen LogP contribution in [0.5, 0.6) is 11.5 Å². The Bertz CT molecular complexity index is 366. The zero-order valence-corrected chi connectivity index (χ0v) is 9.76. The predicted molar refractivity (Wildman–Crippen MR) is 62.8 cm³/mol. The van der Waals surface area contributed by atoms with Crippen molar-refractivity contribution in [2.24, 2.45) is 0 Å². The van der Waals surface area contributed by atoms with Crippen LogP contribution >= 0.6 is 11.8 Å². The second-order valence-electron chi connectivity index (χ2n) is 3.70. The van der Waals surface area contributed by atoms with Gasteiger partial charge >= 0.3 is 0 Å². The van der Waals surface area contributed by atoms with Gasteiger partial charge in [-0.15, -0.1) is 11.8 Å². The Labute approximate surface area is 93.9 Å². The molecule has 82 valence electrons. The van der Waals surface area contributed by atoms with Crippen molar-refractivity contribution in [3.8, 4) is 11.5 Å². The third-order valence-electron chi connectivity index (χ3n) is 2.04. The van der Waals surface area contributed by atoms with Gasteiger partial charge in [0.05, 0.1) is 0 Å². The maximum absolute atomic E-state index is 5.94. The molecule has 1 aliphatic heterocycles. The Morgan fingerprint density at radius 3 is 2.40 bits per heavy atom. The molecule has 2 N–H and O–H groups in total. The number of hydrogen-bond donors (Lipinski definition) is 1. The van der Waals surface area contributed by atoms with Gasteiger partial charge in [-0.05, 0) is 6.07 Å². The van der Waals surface area contributed by atoms with Crippen molar-refractivity contribution in [2.45, 2.75) is 24.0 Å². The molecule has 1 aromatic carbocycles. The number of benzene rings is 1. The normalized spacial score (nSPS) is 14.3. The molecule has 3 nitrogen and oxygen atoms in total. The van der Waals surface area contributed by atoms with Gasteiger partial charge in [0.15, 0.2) is 11.5 Å². The van der Waals surface area contributed by atoms with Crippen LogP contribution in [0.15, 0.2) is 17.0 Å². The summed E-state index contributed by atoms with van der Waals surface area (Å²) >= 11 is 1.74. The van der Waals surface area contributed by atoms with Crippen molar-refractivity contribution in [1.82, 2.24) is 0 Å². The molecule has 0 saturated carbocycles. The van der Waals surface area contributed by atoms with E-state index in [1.54, 1.807) is 11.8 Å². The molecule has 2 rings (SSSR count).